The van der Waals surface area contributed by atoms with Crippen LogP contribution in [-0.4, -0.2) is 0 Å². The van der Waals surface area contributed by atoms with Gasteiger partial charge < -0.3 is 0 Å². The van der Waals surface area contributed by atoms with Crippen molar-refractivity contribution >= 4 is 63.8 Å². The first-order valence-corrected chi connectivity index (χ1v) is 15.6. The molecule has 0 fully saturated rings. The van der Waals surface area contributed by atoms with Crippen LogP contribution in [0.1, 0.15) is 0 Å². The summed E-state index contributed by atoms with van der Waals surface area (Å²) in [6.45, 7) is 0. The van der Waals surface area contributed by atoms with Gasteiger partial charge in [-0.3, -0.25) is 0 Å². The van der Waals surface area contributed by atoms with Crippen molar-refractivity contribution < 1.29 is 0 Å². The minimum atomic E-state index is 1.25. The highest BCUT2D eigenvalue weighted by Crippen LogP contribution is 2.49. The molecule has 1 heteroatoms. The normalized spacial score (nSPS) is 11.7. The van der Waals surface area contributed by atoms with Crippen LogP contribution in [-0.2, 0) is 0 Å². The number of rotatable bonds is 3. The van der Waals surface area contributed by atoms with E-state index in [4.69, 9.17) is 0 Å². The zero-order chi connectivity index (χ0) is 28.3. The van der Waals surface area contributed by atoms with Crippen LogP contribution >= 0.6 is 11.3 Å². The van der Waals surface area contributed by atoms with Crippen molar-refractivity contribution in [3.63, 3.8) is 0 Å². The summed E-state index contributed by atoms with van der Waals surface area (Å²) in [4.78, 5) is 0. The quantitative estimate of drug-likeness (QED) is 0.188. The number of benzene rings is 8. The standard InChI is InChI=1S/C42H26S/c1-2-13-28(14-3-1)39-32-16-6-8-18-34(32)40(35-19-9-7-17-33(35)39)37-25-24-31(30-23-22-27-12-4-5-15-29(27)26-30)42-41(37)36-20-10-11-21-38(36)43-42/h1-26H. The molecular weight excluding hydrogens is 537 g/mol. The summed E-state index contributed by atoms with van der Waals surface area (Å²) in [6, 6.07) is 57.9. The maximum Gasteiger partial charge on any atom is 0.0440 e. The molecule has 0 aliphatic rings. The highest BCUT2D eigenvalue weighted by molar-refractivity contribution is 7.26. The lowest BCUT2D eigenvalue weighted by molar-refractivity contribution is 1.66. The van der Waals surface area contributed by atoms with Crippen LogP contribution < -0.4 is 0 Å². The van der Waals surface area contributed by atoms with Gasteiger partial charge in [-0.05, 0) is 77.8 Å². The van der Waals surface area contributed by atoms with Crippen molar-refractivity contribution in [1.82, 2.24) is 0 Å². The molecule has 0 bridgehead atoms. The van der Waals surface area contributed by atoms with Gasteiger partial charge in [-0.1, -0.05) is 146 Å². The Labute approximate surface area is 254 Å². The third-order valence-corrected chi connectivity index (χ3v) is 10.1. The number of fused-ring (bicyclic) bond motifs is 6. The molecule has 0 N–H and O–H groups in total. The predicted octanol–water partition coefficient (Wildman–Crippen LogP) is 12.5. The fraction of sp³-hybridized carbons (Fsp3) is 0. The fourth-order valence-corrected chi connectivity index (χ4v) is 8.22. The molecule has 0 nitrogen and oxygen atoms in total. The molecule has 0 aliphatic carbocycles. The molecule has 9 aromatic rings. The first-order chi connectivity index (χ1) is 21.3. The molecule has 0 saturated heterocycles. The van der Waals surface area contributed by atoms with Gasteiger partial charge in [0.15, 0.2) is 0 Å². The molecule has 43 heavy (non-hydrogen) atoms. The first-order valence-electron chi connectivity index (χ1n) is 14.8. The molecule has 0 amide bonds. The van der Waals surface area contributed by atoms with Gasteiger partial charge in [0.25, 0.3) is 0 Å². The van der Waals surface area contributed by atoms with Gasteiger partial charge in [0, 0.05) is 20.2 Å². The van der Waals surface area contributed by atoms with Crippen molar-refractivity contribution in [2.75, 3.05) is 0 Å². The summed E-state index contributed by atoms with van der Waals surface area (Å²) in [5, 5.41) is 10.3. The van der Waals surface area contributed by atoms with Crippen molar-refractivity contribution in [3.05, 3.63) is 158 Å². The van der Waals surface area contributed by atoms with E-state index < -0.39 is 0 Å². The first kappa shape index (κ1) is 24.4. The van der Waals surface area contributed by atoms with E-state index >= 15 is 0 Å². The Hall–Kier alpha value is -5.24. The summed E-state index contributed by atoms with van der Waals surface area (Å²) >= 11 is 1.91. The molecule has 0 aliphatic heterocycles. The van der Waals surface area contributed by atoms with E-state index in [1.165, 1.54) is 85.9 Å². The topological polar surface area (TPSA) is 0 Å². The largest absolute Gasteiger partial charge is 0.135 e. The van der Waals surface area contributed by atoms with E-state index in [9.17, 15) is 0 Å². The molecule has 0 unspecified atom stereocenters. The Morgan fingerprint density at radius 2 is 0.907 bits per heavy atom. The van der Waals surface area contributed by atoms with Gasteiger partial charge in [-0.25, -0.2) is 0 Å². The Kier molecular flexibility index (Phi) is 5.47. The Bertz CT molecular complexity index is 2440. The maximum absolute atomic E-state index is 2.38. The average molecular weight is 563 g/mol. The lowest BCUT2D eigenvalue weighted by Gasteiger charge is -2.19. The van der Waals surface area contributed by atoms with Crippen LogP contribution in [0.5, 0.6) is 0 Å². The van der Waals surface area contributed by atoms with Crippen LogP contribution in [0.25, 0.3) is 85.9 Å². The van der Waals surface area contributed by atoms with Gasteiger partial charge in [-0.2, -0.15) is 0 Å². The summed E-state index contributed by atoms with van der Waals surface area (Å²) in [5.41, 5.74) is 7.71. The van der Waals surface area contributed by atoms with E-state index in [0.717, 1.165) is 0 Å². The predicted molar refractivity (Wildman–Crippen MR) is 188 cm³/mol. The fourth-order valence-electron chi connectivity index (χ4n) is 6.96. The lowest BCUT2D eigenvalue weighted by Crippen LogP contribution is -1.91. The molecule has 0 radical (unpaired) electrons. The third kappa shape index (κ3) is 3.75. The monoisotopic (exact) mass is 562 g/mol. The third-order valence-electron chi connectivity index (χ3n) is 8.85. The van der Waals surface area contributed by atoms with E-state index in [0.29, 0.717) is 0 Å². The second-order valence-electron chi connectivity index (χ2n) is 11.2. The molecule has 8 aromatic carbocycles. The minimum Gasteiger partial charge on any atom is -0.135 e. The van der Waals surface area contributed by atoms with Crippen molar-refractivity contribution in [2.45, 2.75) is 0 Å². The molecule has 200 valence electrons. The molecule has 0 atom stereocenters. The molecule has 0 saturated carbocycles. The van der Waals surface area contributed by atoms with Crippen molar-refractivity contribution in [1.29, 1.82) is 0 Å². The van der Waals surface area contributed by atoms with Crippen LogP contribution in [0.2, 0.25) is 0 Å². The summed E-state index contributed by atoms with van der Waals surface area (Å²) < 4.78 is 2.66. The van der Waals surface area contributed by atoms with E-state index in [1.54, 1.807) is 0 Å². The minimum absolute atomic E-state index is 1.25. The van der Waals surface area contributed by atoms with Gasteiger partial charge in [0.2, 0.25) is 0 Å². The molecule has 1 aromatic heterocycles. The Balaban J connectivity index is 1.42. The van der Waals surface area contributed by atoms with Gasteiger partial charge in [0.05, 0.1) is 0 Å². The summed E-state index contributed by atoms with van der Waals surface area (Å²) in [5.74, 6) is 0. The number of hydrogen-bond acceptors (Lipinski definition) is 1. The maximum atomic E-state index is 2.38. The van der Waals surface area contributed by atoms with Crippen molar-refractivity contribution in [2.24, 2.45) is 0 Å². The van der Waals surface area contributed by atoms with Crippen LogP contribution in [0.15, 0.2) is 158 Å². The van der Waals surface area contributed by atoms with Crippen LogP contribution in [0.3, 0.4) is 0 Å². The Morgan fingerprint density at radius 3 is 1.63 bits per heavy atom. The summed E-state index contributed by atoms with van der Waals surface area (Å²) in [6.07, 6.45) is 0. The van der Waals surface area contributed by atoms with E-state index in [-0.39, 0.29) is 0 Å². The SMILES string of the molecule is c1ccc(-c2c3ccccc3c(-c3ccc(-c4ccc5ccccc5c4)c4sc5ccccc5c34)c3ccccc23)cc1. The highest BCUT2D eigenvalue weighted by atomic mass is 32.1. The zero-order valence-electron chi connectivity index (χ0n) is 23.4. The average Bonchev–Trinajstić information content (AvgIpc) is 3.47. The van der Waals surface area contributed by atoms with E-state index in [2.05, 4.69) is 158 Å². The molecule has 1 heterocycles. The number of hydrogen-bond donors (Lipinski definition) is 0. The van der Waals surface area contributed by atoms with Crippen LogP contribution in [0, 0.1) is 0 Å². The second-order valence-corrected chi connectivity index (χ2v) is 12.3. The smallest absolute Gasteiger partial charge is 0.0440 e. The van der Waals surface area contributed by atoms with E-state index in [1.807, 2.05) is 11.3 Å². The highest BCUT2D eigenvalue weighted by Gasteiger charge is 2.21. The van der Waals surface area contributed by atoms with Crippen molar-refractivity contribution in [3.8, 4) is 33.4 Å². The molecule has 0 spiro atoms. The lowest BCUT2D eigenvalue weighted by atomic mass is 9.84. The van der Waals surface area contributed by atoms with Gasteiger partial charge >= 0.3 is 0 Å². The van der Waals surface area contributed by atoms with Gasteiger partial charge in [-0.15, -0.1) is 11.3 Å². The molecular formula is C42H26S. The second kappa shape index (κ2) is 9.66. The Morgan fingerprint density at radius 1 is 0.349 bits per heavy atom. The van der Waals surface area contributed by atoms with Crippen LogP contribution in [0.4, 0.5) is 0 Å². The summed E-state index contributed by atoms with van der Waals surface area (Å²) in [7, 11) is 0. The number of thiophene rings is 1. The van der Waals surface area contributed by atoms with Gasteiger partial charge in [0.1, 0.15) is 0 Å². The molecule has 9 rings (SSSR count). The zero-order valence-corrected chi connectivity index (χ0v) is 24.2.